The SMILES string of the molecule is Brc1c(C2CCNCC2)n2c3c(cccc13)CCC2. The van der Waals surface area contributed by atoms with Crippen molar-refractivity contribution in [2.24, 2.45) is 0 Å². The highest BCUT2D eigenvalue weighted by molar-refractivity contribution is 9.10. The van der Waals surface area contributed by atoms with Crippen molar-refractivity contribution in [1.82, 2.24) is 9.88 Å². The lowest BCUT2D eigenvalue weighted by Crippen LogP contribution is -2.28. The zero-order chi connectivity index (χ0) is 12.8. The smallest absolute Gasteiger partial charge is 0.0526 e. The third-order valence-electron chi connectivity index (χ3n) is 4.70. The zero-order valence-electron chi connectivity index (χ0n) is 11.1. The van der Waals surface area contributed by atoms with Crippen LogP contribution in [0.25, 0.3) is 10.9 Å². The Morgan fingerprint density at radius 2 is 2.05 bits per heavy atom. The minimum Gasteiger partial charge on any atom is -0.343 e. The molecule has 1 N–H and O–H groups in total. The van der Waals surface area contributed by atoms with Gasteiger partial charge in [0.25, 0.3) is 0 Å². The van der Waals surface area contributed by atoms with Crippen molar-refractivity contribution < 1.29 is 0 Å². The first-order valence-electron chi connectivity index (χ1n) is 7.36. The lowest BCUT2D eigenvalue weighted by Gasteiger charge is -2.26. The number of hydrogen-bond donors (Lipinski definition) is 1. The van der Waals surface area contributed by atoms with Gasteiger partial charge in [-0.25, -0.2) is 0 Å². The van der Waals surface area contributed by atoms with Crippen molar-refractivity contribution in [3.63, 3.8) is 0 Å². The maximum atomic E-state index is 3.90. The third kappa shape index (κ3) is 1.78. The van der Waals surface area contributed by atoms with E-state index in [4.69, 9.17) is 0 Å². The molecule has 2 aromatic rings. The molecule has 2 nitrogen and oxygen atoms in total. The molecule has 3 heteroatoms. The van der Waals surface area contributed by atoms with Crippen LogP contribution in [0.15, 0.2) is 22.7 Å². The maximum absolute atomic E-state index is 3.90. The molecule has 1 fully saturated rings. The fourth-order valence-corrected chi connectivity index (χ4v) is 4.68. The highest BCUT2D eigenvalue weighted by Crippen LogP contribution is 2.41. The zero-order valence-corrected chi connectivity index (χ0v) is 12.7. The number of aromatic nitrogens is 1. The molecule has 3 heterocycles. The minimum absolute atomic E-state index is 0.717. The summed E-state index contributed by atoms with van der Waals surface area (Å²) in [7, 11) is 0. The molecule has 0 aliphatic carbocycles. The van der Waals surface area contributed by atoms with Crippen LogP contribution in [0, 0.1) is 0 Å². The molecule has 0 atom stereocenters. The van der Waals surface area contributed by atoms with E-state index in [9.17, 15) is 0 Å². The van der Waals surface area contributed by atoms with E-state index in [2.05, 4.69) is 44.0 Å². The Hall–Kier alpha value is -0.800. The molecule has 2 aliphatic heterocycles. The first-order chi connectivity index (χ1) is 9.36. The number of nitrogens with one attached hydrogen (secondary N) is 1. The predicted octanol–water partition coefficient (Wildman–Crippen LogP) is 3.82. The predicted molar refractivity (Wildman–Crippen MR) is 82.8 cm³/mol. The average Bonchev–Trinajstić information content (AvgIpc) is 2.76. The second-order valence-corrected chi connectivity index (χ2v) is 6.58. The molecular weight excluding hydrogens is 300 g/mol. The summed E-state index contributed by atoms with van der Waals surface area (Å²) in [5.41, 5.74) is 4.59. The summed E-state index contributed by atoms with van der Waals surface area (Å²) in [5, 5.41) is 4.90. The van der Waals surface area contributed by atoms with Gasteiger partial charge in [-0.3, -0.25) is 0 Å². The summed E-state index contributed by atoms with van der Waals surface area (Å²) < 4.78 is 3.96. The number of para-hydroxylation sites is 1. The van der Waals surface area contributed by atoms with Crippen LogP contribution in [0.4, 0.5) is 0 Å². The van der Waals surface area contributed by atoms with Gasteiger partial charge in [0.05, 0.1) is 5.52 Å². The quantitative estimate of drug-likeness (QED) is 0.846. The van der Waals surface area contributed by atoms with Crippen molar-refractivity contribution in [1.29, 1.82) is 0 Å². The lowest BCUT2D eigenvalue weighted by atomic mass is 9.94. The molecule has 0 spiro atoms. The Balaban J connectivity index is 1.95. The summed E-state index contributed by atoms with van der Waals surface area (Å²) in [5.74, 6) is 0.717. The normalized spacial score (nSPS) is 20.1. The standard InChI is InChI=1S/C16H19BrN2/c17-14-13-5-1-3-11-4-2-10-19(15(11)13)16(14)12-6-8-18-9-7-12/h1,3,5,12,18H,2,4,6-10H2. The Kier molecular flexibility index (Phi) is 2.92. The number of piperidine rings is 1. The lowest BCUT2D eigenvalue weighted by molar-refractivity contribution is 0.435. The van der Waals surface area contributed by atoms with E-state index < -0.39 is 0 Å². The first-order valence-corrected chi connectivity index (χ1v) is 8.16. The maximum Gasteiger partial charge on any atom is 0.0526 e. The minimum atomic E-state index is 0.717. The topological polar surface area (TPSA) is 17.0 Å². The number of hydrogen-bond acceptors (Lipinski definition) is 1. The van der Waals surface area contributed by atoms with Crippen LogP contribution in [0.3, 0.4) is 0 Å². The van der Waals surface area contributed by atoms with Crippen LogP contribution >= 0.6 is 15.9 Å². The van der Waals surface area contributed by atoms with E-state index in [1.807, 2.05) is 0 Å². The van der Waals surface area contributed by atoms with Crippen molar-refractivity contribution in [2.75, 3.05) is 13.1 Å². The van der Waals surface area contributed by atoms with Crippen LogP contribution in [-0.2, 0) is 13.0 Å². The molecule has 2 aliphatic rings. The molecule has 1 aromatic carbocycles. The summed E-state index contributed by atoms with van der Waals surface area (Å²) in [4.78, 5) is 0. The van der Waals surface area contributed by atoms with Gasteiger partial charge in [-0.05, 0) is 60.3 Å². The molecule has 100 valence electrons. The van der Waals surface area contributed by atoms with Crippen LogP contribution in [-0.4, -0.2) is 17.7 Å². The summed E-state index contributed by atoms with van der Waals surface area (Å²) >= 11 is 3.90. The summed E-state index contributed by atoms with van der Waals surface area (Å²) in [6.45, 7) is 3.51. The number of aryl methyl sites for hydroxylation is 2. The van der Waals surface area contributed by atoms with Crippen LogP contribution in [0.2, 0.25) is 0 Å². The van der Waals surface area contributed by atoms with Crippen LogP contribution < -0.4 is 5.32 Å². The Labute approximate surface area is 122 Å². The van der Waals surface area contributed by atoms with Gasteiger partial charge in [0, 0.05) is 28.0 Å². The fraction of sp³-hybridized carbons (Fsp3) is 0.500. The van der Waals surface area contributed by atoms with Crippen LogP contribution in [0.5, 0.6) is 0 Å². The molecule has 19 heavy (non-hydrogen) atoms. The van der Waals surface area contributed by atoms with E-state index in [-0.39, 0.29) is 0 Å². The van der Waals surface area contributed by atoms with E-state index in [0.717, 1.165) is 13.1 Å². The highest BCUT2D eigenvalue weighted by atomic mass is 79.9. The second-order valence-electron chi connectivity index (χ2n) is 5.79. The Morgan fingerprint density at radius 1 is 1.21 bits per heavy atom. The average molecular weight is 319 g/mol. The third-order valence-corrected chi connectivity index (χ3v) is 5.53. The molecule has 1 aromatic heterocycles. The summed E-state index contributed by atoms with van der Waals surface area (Å²) in [6.07, 6.45) is 5.05. The van der Waals surface area contributed by atoms with Gasteiger partial charge in [-0.15, -0.1) is 0 Å². The van der Waals surface area contributed by atoms with Gasteiger partial charge in [0.1, 0.15) is 0 Å². The number of halogens is 1. The van der Waals surface area contributed by atoms with Crippen molar-refractivity contribution in [3.8, 4) is 0 Å². The number of nitrogens with zero attached hydrogens (tertiary/aromatic N) is 1. The van der Waals surface area contributed by atoms with Gasteiger partial charge >= 0.3 is 0 Å². The Morgan fingerprint density at radius 3 is 2.89 bits per heavy atom. The molecule has 0 unspecified atom stereocenters. The van der Waals surface area contributed by atoms with Gasteiger partial charge in [-0.1, -0.05) is 18.2 Å². The monoisotopic (exact) mass is 318 g/mol. The largest absolute Gasteiger partial charge is 0.343 e. The van der Waals surface area contributed by atoms with Crippen LogP contribution in [0.1, 0.15) is 36.4 Å². The first kappa shape index (κ1) is 12.0. The van der Waals surface area contributed by atoms with E-state index >= 15 is 0 Å². The molecule has 4 rings (SSSR count). The van der Waals surface area contributed by atoms with E-state index in [0.29, 0.717) is 5.92 Å². The summed E-state index contributed by atoms with van der Waals surface area (Å²) in [6, 6.07) is 6.79. The molecular formula is C16H19BrN2. The number of rotatable bonds is 1. The fourth-order valence-electron chi connectivity index (χ4n) is 3.82. The Bertz CT molecular complexity index is 623. The highest BCUT2D eigenvalue weighted by Gasteiger charge is 2.26. The van der Waals surface area contributed by atoms with Gasteiger partial charge in [0.15, 0.2) is 0 Å². The molecule has 0 saturated carbocycles. The molecule has 1 saturated heterocycles. The van der Waals surface area contributed by atoms with Gasteiger partial charge < -0.3 is 9.88 Å². The second kappa shape index (κ2) is 4.64. The van der Waals surface area contributed by atoms with Crippen molar-refractivity contribution in [2.45, 2.75) is 38.1 Å². The van der Waals surface area contributed by atoms with Crippen molar-refractivity contribution in [3.05, 3.63) is 33.9 Å². The molecule has 0 bridgehead atoms. The van der Waals surface area contributed by atoms with Gasteiger partial charge in [-0.2, -0.15) is 0 Å². The number of benzene rings is 1. The van der Waals surface area contributed by atoms with E-state index in [1.54, 1.807) is 5.69 Å². The van der Waals surface area contributed by atoms with Crippen molar-refractivity contribution >= 4 is 26.8 Å². The van der Waals surface area contributed by atoms with Gasteiger partial charge in [0.2, 0.25) is 0 Å². The molecule has 0 radical (unpaired) electrons. The van der Waals surface area contributed by atoms with E-state index in [1.165, 1.54) is 53.2 Å². The molecule has 0 amide bonds.